The Bertz CT molecular complexity index is 410. The number of aliphatic hydroxyl groups is 1. The summed E-state index contributed by atoms with van der Waals surface area (Å²) in [5.41, 5.74) is 1.13. The second kappa shape index (κ2) is 6.70. The molecule has 1 saturated heterocycles. The van der Waals surface area contributed by atoms with E-state index in [1.54, 1.807) is 6.33 Å². The van der Waals surface area contributed by atoms with Crippen LogP contribution in [0.4, 0.5) is 11.6 Å². The molecule has 0 aromatic carbocycles. The maximum Gasteiger partial charge on any atom is 0.137 e. The van der Waals surface area contributed by atoms with E-state index in [4.69, 9.17) is 5.11 Å². The fraction of sp³-hybridized carbons (Fsp3) is 0.714. The van der Waals surface area contributed by atoms with Gasteiger partial charge >= 0.3 is 0 Å². The van der Waals surface area contributed by atoms with Gasteiger partial charge in [-0.05, 0) is 32.1 Å². The maximum absolute atomic E-state index is 9.03. The zero-order chi connectivity index (χ0) is 13.7. The van der Waals surface area contributed by atoms with Gasteiger partial charge in [-0.15, -0.1) is 0 Å². The Labute approximate surface area is 115 Å². The van der Waals surface area contributed by atoms with Gasteiger partial charge in [0.05, 0.1) is 0 Å². The molecule has 5 heteroatoms. The molecule has 1 aromatic rings. The fourth-order valence-electron chi connectivity index (χ4n) is 2.62. The highest BCUT2D eigenvalue weighted by molar-refractivity contribution is 5.58. The highest BCUT2D eigenvalue weighted by atomic mass is 16.3. The van der Waals surface area contributed by atoms with Crippen LogP contribution in [0.3, 0.4) is 0 Å². The average Bonchev–Trinajstić information content (AvgIpc) is 2.86. The first-order valence-electron chi connectivity index (χ1n) is 7.17. The number of nitrogens with zero attached hydrogens (tertiary/aromatic N) is 3. The summed E-state index contributed by atoms with van der Waals surface area (Å²) >= 11 is 0. The van der Waals surface area contributed by atoms with Gasteiger partial charge in [0, 0.05) is 31.8 Å². The Balaban J connectivity index is 2.08. The molecule has 2 rings (SSSR count). The largest absolute Gasteiger partial charge is 0.396 e. The highest BCUT2D eigenvalue weighted by Gasteiger charge is 2.24. The topological polar surface area (TPSA) is 61.3 Å². The van der Waals surface area contributed by atoms with Crippen LogP contribution in [0.5, 0.6) is 0 Å². The Kier molecular flexibility index (Phi) is 4.96. The summed E-state index contributed by atoms with van der Waals surface area (Å²) in [7, 11) is 0. The number of aromatic nitrogens is 2. The van der Waals surface area contributed by atoms with E-state index in [2.05, 4.69) is 34.0 Å². The molecule has 2 heterocycles. The van der Waals surface area contributed by atoms with E-state index in [1.165, 1.54) is 0 Å². The van der Waals surface area contributed by atoms with Crippen molar-refractivity contribution in [3.05, 3.63) is 11.9 Å². The molecule has 1 aliphatic heterocycles. The van der Waals surface area contributed by atoms with Gasteiger partial charge in [0.25, 0.3) is 0 Å². The third kappa shape index (κ3) is 3.35. The third-order valence-electron chi connectivity index (χ3n) is 3.72. The van der Waals surface area contributed by atoms with E-state index in [1.807, 2.05) is 0 Å². The van der Waals surface area contributed by atoms with E-state index in [0.29, 0.717) is 5.92 Å². The van der Waals surface area contributed by atoms with Gasteiger partial charge in [-0.1, -0.05) is 6.92 Å². The first kappa shape index (κ1) is 14.1. The van der Waals surface area contributed by atoms with Crippen molar-refractivity contribution in [2.24, 2.45) is 5.92 Å². The number of hydrogen-bond donors (Lipinski definition) is 2. The summed E-state index contributed by atoms with van der Waals surface area (Å²) < 4.78 is 0. The predicted octanol–water partition coefficient (Wildman–Crippen LogP) is 1.82. The number of aliphatic hydroxyl groups excluding tert-OH is 1. The van der Waals surface area contributed by atoms with Crippen molar-refractivity contribution in [2.75, 3.05) is 36.5 Å². The van der Waals surface area contributed by atoms with Gasteiger partial charge in [0.15, 0.2) is 0 Å². The molecular weight excluding hydrogens is 240 g/mol. The number of hydrogen-bond acceptors (Lipinski definition) is 5. The SMILES string of the molecule is CCCNc1ncnc(N2CCC(CCO)C2)c1C. The first-order valence-corrected chi connectivity index (χ1v) is 7.17. The Morgan fingerprint density at radius 3 is 3.05 bits per heavy atom. The number of anilines is 2. The van der Waals surface area contributed by atoms with Crippen LogP contribution in [-0.2, 0) is 0 Å². The van der Waals surface area contributed by atoms with E-state index in [9.17, 15) is 0 Å². The molecule has 0 spiro atoms. The van der Waals surface area contributed by atoms with Crippen LogP contribution >= 0.6 is 0 Å². The molecule has 5 nitrogen and oxygen atoms in total. The molecule has 1 fully saturated rings. The van der Waals surface area contributed by atoms with Crippen molar-refractivity contribution in [1.29, 1.82) is 0 Å². The lowest BCUT2D eigenvalue weighted by Crippen LogP contribution is -2.23. The van der Waals surface area contributed by atoms with Crippen LogP contribution in [0, 0.1) is 12.8 Å². The Morgan fingerprint density at radius 1 is 1.47 bits per heavy atom. The van der Waals surface area contributed by atoms with Gasteiger partial charge in [0.2, 0.25) is 0 Å². The van der Waals surface area contributed by atoms with Gasteiger partial charge < -0.3 is 15.3 Å². The summed E-state index contributed by atoms with van der Waals surface area (Å²) in [6, 6.07) is 0. The standard InChI is InChI=1S/C14H24N4O/c1-3-6-15-13-11(2)14(17-10-16-13)18-7-4-12(9-18)5-8-19/h10,12,19H,3-9H2,1-2H3,(H,15,16,17). The summed E-state index contributed by atoms with van der Waals surface area (Å²) in [5.74, 6) is 2.57. The molecule has 2 N–H and O–H groups in total. The van der Waals surface area contributed by atoms with E-state index >= 15 is 0 Å². The zero-order valence-corrected chi connectivity index (χ0v) is 11.9. The zero-order valence-electron chi connectivity index (χ0n) is 11.9. The summed E-state index contributed by atoms with van der Waals surface area (Å²) in [6.45, 7) is 7.45. The third-order valence-corrected chi connectivity index (χ3v) is 3.72. The Hall–Kier alpha value is -1.36. The molecule has 0 saturated carbocycles. The van der Waals surface area contributed by atoms with Crippen LogP contribution in [0.1, 0.15) is 31.7 Å². The first-order chi connectivity index (χ1) is 9.26. The fourth-order valence-corrected chi connectivity index (χ4v) is 2.62. The minimum absolute atomic E-state index is 0.282. The normalized spacial score (nSPS) is 18.9. The predicted molar refractivity (Wildman–Crippen MR) is 77.6 cm³/mol. The molecule has 0 aliphatic carbocycles. The molecule has 0 bridgehead atoms. The van der Waals surface area contributed by atoms with Crippen LogP contribution in [0.15, 0.2) is 6.33 Å². The smallest absolute Gasteiger partial charge is 0.137 e. The summed E-state index contributed by atoms with van der Waals surface area (Å²) in [6.07, 6.45) is 4.75. The molecular formula is C14H24N4O. The summed E-state index contributed by atoms with van der Waals surface area (Å²) in [5, 5.41) is 12.4. The van der Waals surface area contributed by atoms with Crippen LogP contribution < -0.4 is 10.2 Å². The number of rotatable bonds is 6. The van der Waals surface area contributed by atoms with Crippen molar-refractivity contribution < 1.29 is 5.11 Å². The van der Waals surface area contributed by atoms with Gasteiger partial charge in [-0.2, -0.15) is 0 Å². The lowest BCUT2D eigenvalue weighted by atomic mass is 10.1. The second-order valence-electron chi connectivity index (χ2n) is 5.21. The van der Waals surface area contributed by atoms with Crippen LogP contribution in [-0.4, -0.2) is 41.3 Å². The molecule has 19 heavy (non-hydrogen) atoms. The number of nitrogens with one attached hydrogen (secondary N) is 1. The van der Waals surface area contributed by atoms with Gasteiger partial charge in [0.1, 0.15) is 18.0 Å². The quantitative estimate of drug-likeness (QED) is 0.820. The molecule has 0 amide bonds. The molecule has 106 valence electrons. The highest BCUT2D eigenvalue weighted by Crippen LogP contribution is 2.28. The van der Waals surface area contributed by atoms with Crippen molar-refractivity contribution in [3.63, 3.8) is 0 Å². The molecule has 1 atom stereocenters. The lowest BCUT2D eigenvalue weighted by molar-refractivity contribution is 0.263. The van der Waals surface area contributed by atoms with Crippen molar-refractivity contribution in [2.45, 2.75) is 33.1 Å². The van der Waals surface area contributed by atoms with E-state index < -0.39 is 0 Å². The monoisotopic (exact) mass is 264 g/mol. The van der Waals surface area contributed by atoms with Gasteiger partial charge in [-0.25, -0.2) is 9.97 Å². The molecule has 1 aliphatic rings. The van der Waals surface area contributed by atoms with Crippen LogP contribution in [0.25, 0.3) is 0 Å². The van der Waals surface area contributed by atoms with E-state index in [-0.39, 0.29) is 6.61 Å². The minimum Gasteiger partial charge on any atom is -0.396 e. The molecule has 1 unspecified atom stereocenters. The molecule has 1 aromatic heterocycles. The average molecular weight is 264 g/mol. The maximum atomic E-state index is 9.03. The lowest BCUT2D eigenvalue weighted by Gasteiger charge is -2.20. The van der Waals surface area contributed by atoms with Gasteiger partial charge in [-0.3, -0.25) is 0 Å². The van der Waals surface area contributed by atoms with Crippen molar-refractivity contribution in [3.8, 4) is 0 Å². The molecule has 0 radical (unpaired) electrons. The second-order valence-corrected chi connectivity index (χ2v) is 5.21. The van der Waals surface area contributed by atoms with E-state index in [0.717, 1.165) is 56.1 Å². The Morgan fingerprint density at radius 2 is 2.32 bits per heavy atom. The minimum atomic E-state index is 0.282. The van der Waals surface area contributed by atoms with Crippen molar-refractivity contribution in [1.82, 2.24) is 9.97 Å². The van der Waals surface area contributed by atoms with Crippen molar-refractivity contribution >= 4 is 11.6 Å². The summed E-state index contributed by atoms with van der Waals surface area (Å²) in [4.78, 5) is 11.1. The van der Waals surface area contributed by atoms with Crippen LogP contribution in [0.2, 0.25) is 0 Å².